The van der Waals surface area contributed by atoms with Crippen molar-refractivity contribution in [3.05, 3.63) is 33.8 Å². The molecular formula is C15H21BrN2O3. The number of rotatable bonds is 7. The molecule has 1 aromatic carbocycles. The van der Waals surface area contributed by atoms with Gasteiger partial charge < -0.3 is 10.1 Å². The van der Waals surface area contributed by atoms with Crippen molar-refractivity contribution in [3.63, 3.8) is 0 Å². The zero-order chi connectivity index (χ0) is 15.8. The number of ether oxygens (including phenoxy) is 1. The highest BCUT2D eigenvalue weighted by Gasteiger charge is 2.11. The van der Waals surface area contributed by atoms with Gasteiger partial charge in [-0.1, -0.05) is 28.9 Å². The maximum atomic E-state index is 11.6. The third-order valence-corrected chi connectivity index (χ3v) is 3.64. The van der Waals surface area contributed by atoms with Crippen molar-refractivity contribution < 1.29 is 14.3 Å². The third kappa shape index (κ3) is 5.85. The SMILES string of the molecule is CCCNC(=O)CN(C)Cc1ccc(C(=O)OC)cc1Br. The molecule has 0 bridgehead atoms. The van der Waals surface area contributed by atoms with Crippen LogP contribution < -0.4 is 5.32 Å². The fraction of sp³-hybridized carbons (Fsp3) is 0.467. The lowest BCUT2D eigenvalue weighted by atomic mass is 10.1. The first kappa shape index (κ1) is 17.7. The van der Waals surface area contributed by atoms with Crippen LogP contribution in [0.3, 0.4) is 0 Å². The lowest BCUT2D eigenvalue weighted by Crippen LogP contribution is -2.35. The van der Waals surface area contributed by atoms with E-state index in [4.69, 9.17) is 0 Å². The second-order valence-electron chi connectivity index (χ2n) is 4.82. The maximum Gasteiger partial charge on any atom is 0.337 e. The molecule has 0 aromatic heterocycles. The van der Waals surface area contributed by atoms with E-state index in [1.807, 2.05) is 24.9 Å². The molecule has 1 aromatic rings. The van der Waals surface area contributed by atoms with E-state index in [1.165, 1.54) is 7.11 Å². The number of methoxy groups -OCH3 is 1. The number of esters is 1. The minimum Gasteiger partial charge on any atom is -0.465 e. The van der Waals surface area contributed by atoms with Crippen LogP contribution in [0, 0.1) is 0 Å². The minimum absolute atomic E-state index is 0.0154. The van der Waals surface area contributed by atoms with Gasteiger partial charge in [0.2, 0.25) is 5.91 Å². The van der Waals surface area contributed by atoms with E-state index in [0.29, 0.717) is 25.2 Å². The molecule has 0 heterocycles. The van der Waals surface area contributed by atoms with Gasteiger partial charge in [0.15, 0.2) is 0 Å². The van der Waals surface area contributed by atoms with Crippen LogP contribution >= 0.6 is 15.9 Å². The predicted octanol–water partition coefficient (Wildman–Crippen LogP) is 2.19. The van der Waals surface area contributed by atoms with Gasteiger partial charge in [-0.3, -0.25) is 9.69 Å². The van der Waals surface area contributed by atoms with Gasteiger partial charge in [-0.25, -0.2) is 4.79 Å². The lowest BCUT2D eigenvalue weighted by Gasteiger charge is -2.17. The normalized spacial score (nSPS) is 10.5. The highest BCUT2D eigenvalue weighted by Crippen LogP contribution is 2.20. The van der Waals surface area contributed by atoms with E-state index in [0.717, 1.165) is 16.5 Å². The summed E-state index contributed by atoms with van der Waals surface area (Å²) in [6, 6.07) is 5.31. The van der Waals surface area contributed by atoms with Crippen molar-refractivity contribution in [3.8, 4) is 0 Å². The molecule has 1 rings (SSSR count). The molecule has 0 aliphatic heterocycles. The zero-order valence-electron chi connectivity index (χ0n) is 12.6. The molecule has 0 spiro atoms. The summed E-state index contributed by atoms with van der Waals surface area (Å²) in [4.78, 5) is 25.0. The highest BCUT2D eigenvalue weighted by atomic mass is 79.9. The van der Waals surface area contributed by atoms with Crippen molar-refractivity contribution in [1.29, 1.82) is 0 Å². The van der Waals surface area contributed by atoms with Crippen molar-refractivity contribution in [2.75, 3.05) is 27.2 Å². The smallest absolute Gasteiger partial charge is 0.337 e. The molecule has 0 saturated carbocycles. The summed E-state index contributed by atoms with van der Waals surface area (Å²) in [6.07, 6.45) is 0.927. The van der Waals surface area contributed by atoms with E-state index in [9.17, 15) is 9.59 Å². The quantitative estimate of drug-likeness (QED) is 0.760. The van der Waals surface area contributed by atoms with Gasteiger partial charge in [-0.2, -0.15) is 0 Å². The number of carbonyl (C=O) groups is 2. The van der Waals surface area contributed by atoms with Crippen LogP contribution in [0.2, 0.25) is 0 Å². The molecule has 0 aliphatic rings. The Bertz CT molecular complexity index is 506. The average molecular weight is 357 g/mol. The molecular weight excluding hydrogens is 336 g/mol. The second kappa shape index (κ2) is 8.79. The molecule has 6 heteroatoms. The second-order valence-corrected chi connectivity index (χ2v) is 5.67. The van der Waals surface area contributed by atoms with Crippen molar-refractivity contribution >= 4 is 27.8 Å². The number of benzene rings is 1. The molecule has 116 valence electrons. The first-order chi connectivity index (χ1) is 9.97. The Morgan fingerprint density at radius 3 is 2.67 bits per heavy atom. The number of carbonyl (C=O) groups excluding carboxylic acids is 2. The molecule has 1 N–H and O–H groups in total. The first-order valence-corrected chi connectivity index (χ1v) is 7.59. The van der Waals surface area contributed by atoms with Crippen LogP contribution in [-0.2, 0) is 16.1 Å². The fourth-order valence-electron chi connectivity index (χ4n) is 1.83. The number of halogens is 1. The van der Waals surface area contributed by atoms with Crippen molar-refractivity contribution in [1.82, 2.24) is 10.2 Å². The Morgan fingerprint density at radius 1 is 1.38 bits per heavy atom. The zero-order valence-corrected chi connectivity index (χ0v) is 14.2. The molecule has 0 fully saturated rings. The van der Waals surface area contributed by atoms with Crippen LogP contribution in [-0.4, -0.2) is 44.0 Å². The molecule has 5 nitrogen and oxygen atoms in total. The van der Waals surface area contributed by atoms with Gasteiger partial charge in [-0.05, 0) is 31.2 Å². The number of nitrogens with one attached hydrogen (secondary N) is 1. The van der Waals surface area contributed by atoms with Gasteiger partial charge in [-0.15, -0.1) is 0 Å². The van der Waals surface area contributed by atoms with E-state index in [2.05, 4.69) is 26.0 Å². The third-order valence-electron chi connectivity index (χ3n) is 2.90. The number of hydrogen-bond donors (Lipinski definition) is 1. The molecule has 0 radical (unpaired) electrons. The molecule has 0 saturated heterocycles. The van der Waals surface area contributed by atoms with E-state index in [-0.39, 0.29) is 11.9 Å². The number of nitrogens with zero attached hydrogens (tertiary/aromatic N) is 1. The summed E-state index contributed by atoms with van der Waals surface area (Å²) in [6.45, 7) is 3.67. The Hall–Kier alpha value is -1.40. The van der Waals surface area contributed by atoms with Crippen LogP contribution in [0.25, 0.3) is 0 Å². The summed E-state index contributed by atoms with van der Waals surface area (Å²) < 4.78 is 5.50. The molecule has 0 atom stereocenters. The van der Waals surface area contributed by atoms with Gasteiger partial charge in [0.1, 0.15) is 0 Å². The van der Waals surface area contributed by atoms with E-state index >= 15 is 0 Å². The summed E-state index contributed by atoms with van der Waals surface area (Å²) in [7, 11) is 3.24. The molecule has 21 heavy (non-hydrogen) atoms. The van der Waals surface area contributed by atoms with E-state index < -0.39 is 0 Å². The van der Waals surface area contributed by atoms with Crippen molar-refractivity contribution in [2.45, 2.75) is 19.9 Å². The van der Waals surface area contributed by atoms with Crippen LogP contribution in [0.1, 0.15) is 29.3 Å². The summed E-state index contributed by atoms with van der Waals surface area (Å²) in [5.74, 6) is -0.351. The Morgan fingerprint density at radius 2 is 2.10 bits per heavy atom. The Kier molecular flexibility index (Phi) is 7.39. The predicted molar refractivity (Wildman–Crippen MR) is 85.1 cm³/mol. The maximum absolute atomic E-state index is 11.6. The number of hydrogen-bond acceptors (Lipinski definition) is 4. The number of amides is 1. The fourth-order valence-corrected chi connectivity index (χ4v) is 2.34. The lowest BCUT2D eigenvalue weighted by molar-refractivity contribution is -0.122. The summed E-state index contributed by atoms with van der Waals surface area (Å²) >= 11 is 3.45. The van der Waals surface area contributed by atoms with Gasteiger partial charge in [0.05, 0.1) is 19.2 Å². The van der Waals surface area contributed by atoms with Crippen LogP contribution in [0.4, 0.5) is 0 Å². The van der Waals surface area contributed by atoms with Crippen LogP contribution in [0.5, 0.6) is 0 Å². The van der Waals surface area contributed by atoms with Gasteiger partial charge in [0, 0.05) is 17.6 Å². The standard InChI is InChI=1S/C15H21BrN2O3/c1-4-7-17-14(19)10-18(2)9-12-6-5-11(8-13(12)16)15(20)21-3/h5-6,8H,4,7,9-10H2,1-3H3,(H,17,19). The van der Waals surface area contributed by atoms with Gasteiger partial charge >= 0.3 is 5.97 Å². The Labute approximate surface area is 133 Å². The van der Waals surface area contributed by atoms with Crippen molar-refractivity contribution in [2.24, 2.45) is 0 Å². The Balaban J connectivity index is 2.62. The number of likely N-dealkylation sites (N-methyl/N-ethyl adjacent to an activating group) is 1. The summed E-state index contributed by atoms with van der Waals surface area (Å²) in [5, 5.41) is 2.84. The monoisotopic (exact) mass is 356 g/mol. The molecule has 0 aliphatic carbocycles. The summed E-state index contributed by atoms with van der Waals surface area (Å²) in [5.41, 5.74) is 1.50. The van der Waals surface area contributed by atoms with E-state index in [1.54, 1.807) is 12.1 Å². The average Bonchev–Trinajstić information content (AvgIpc) is 2.46. The van der Waals surface area contributed by atoms with Gasteiger partial charge in [0.25, 0.3) is 0 Å². The molecule has 0 unspecified atom stereocenters. The largest absolute Gasteiger partial charge is 0.465 e. The van der Waals surface area contributed by atoms with Crippen LogP contribution in [0.15, 0.2) is 22.7 Å². The molecule has 1 amide bonds. The minimum atomic E-state index is -0.366. The topological polar surface area (TPSA) is 58.6 Å². The highest BCUT2D eigenvalue weighted by molar-refractivity contribution is 9.10. The first-order valence-electron chi connectivity index (χ1n) is 6.80.